The lowest BCUT2D eigenvalue weighted by atomic mass is 10.1. The van der Waals surface area contributed by atoms with Crippen molar-refractivity contribution in [3.8, 4) is 0 Å². The molecule has 2 aromatic carbocycles. The number of hydrogen-bond acceptors (Lipinski definition) is 5. The molecule has 1 N–H and O–H groups in total. The third-order valence-electron chi connectivity index (χ3n) is 4.36. The lowest BCUT2D eigenvalue weighted by Gasteiger charge is -2.20. The predicted octanol–water partition coefficient (Wildman–Crippen LogP) is 4.08. The molecule has 144 valence electrons. The number of carbonyl (C=O) groups is 2. The van der Waals surface area contributed by atoms with Crippen molar-refractivity contribution in [3.63, 3.8) is 0 Å². The van der Waals surface area contributed by atoms with E-state index in [-0.39, 0.29) is 11.8 Å². The first-order chi connectivity index (χ1) is 13.5. The molecule has 0 saturated carbocycles. The van der Waals surface area contributed by atoms with E-state index in [4.69, 9.17) is 12.2 Å². The van der Waals surface area contributed by atoms with Gasteiger partial charge in [-0.05, 0) is 62.0 Å². The van der Waals surface area contributed by atoms with Crippen molar-refractivity contribution in [2.24, 2.45) is 0 Å². The molecule has 0 atom stereocenters. The first-order valence-electron chi connectivity index (χ1n) is 9.02. The van der Waals surface area contributed by atoms with Crippen molar-refractivity contribution in [1.29, 1.82) is 0 Å². The molecule has 1 saturated heterocycles. The fraction of sp³-hybridized carbons (Fsp3) is 0.190. The van der Waals surface area contributed by atoms with Gasteiger partial charge in [0.1, 0.15) is 0 Å². The Labute approximate surface area is 174 Å². The van der Waals surface area contributed by atoms with Crippen molar-refractivity contribution < 1.29 is 9.59 Å². The van der Waals surface area contributed by atoms with Gasteiger partial charge in [0.2, 0.25) is 0 Å². The van der Waals surface area contributed by atoms with Gasteiger partial charge >= 0.3 is 0 Å². The number of thiocarbonyl (C=S) groups is 1. The van der Waals surface area contributed by atoms with E-state index in [1.54, 1.807) is 30.3 Å². The van der Waals surface area contributed by atoms with Gasteiger partial charge in [-0.1, -0.05) is 42.1 Å². The van der Waals surface area contributed by atoms with E-state index in [0.717, 1.165) is 29.3 Å². The monoisotopic (exact) mass is 411 g/mol. The zero-order valence-electron chi connectivity index (χ0n) is 15.7. The second-order valence-electron chi connectivity index (χ2n) is 6.09. The van der Waals surface area contributed by atoms with Crippen molar-refractivity contribution in [2.75, 3.05) is 18.0 Å². The Kier molecular flexibility index (Phi) is 6.49. The number of anilines is 1. The number of carbonyl (C=O) groups excluding carboxylic acids is 2. The highest BCUT2D eigenvalue weighted by Crippen LogP contribution is 2.31. The normalized spacial score (nSPS) is 15.2. The molecule has 3 rings (SSSR count). The molecule has 1 aliphatic rings. The third kappa shape index (κ3) is 4.43. The van der Waals surface area contributed by atoms with Crippen molar-refractivity contribution >= 4 is 51.9 Å². The third-order valence-corrected chi connectivity index (χ3v) is 5.66. The Morgan fingerprint density at radius 1 is 1.11 bits per heavy atom. The van der Waals surface area contributed by atoms with Crippen LogP contribution in [-0.2, 0) is 4.79 Å². The van der Waals surface area contributed by atoms with E-state index in [1.807, 2.05) is 30.3 Å². The van der Waals surface area contributed by atoms with Crippen LogP contribution in [0, 0.1) is 0 Å². The molecule has 7 heteroatoms. The van der Waals surface area contributed by atoms with Crippen LogP contribution in [-0.4, -0.2) is 34.2 Å². The van der Waals surface area contributed by atoms with Crippen LogP contribution in [0.25, 0.3) is 6.08 Å². The molecule has 2 amide bonds. The largest absolute Gasteiger partial charge is 0.372 e. The molecule has 2 aromatic rings. The Hall–Kier alpha value is -2.64. The molecule has 1 heterocycles. The number of hydrazine groups is 1. The Morgan fingerprint density at radius 3 is 2.36 bits per heavy atom. The second-order valence-corrected chi connectivity index (χ2v) is 7.76. The number of nitrogens with zero attached hydrogens (tertiary/aromatic N) is 2. The summed E-state index contributed by atoms with van der Waals surface area (Å²) in [5.41, 5.74) is 5.10. The van der Waals surface area contributed by atoms with Gasteiger partial charge in [-0.25, -0.2) is 0 Å². The molecule has 28 heavy (non-hydrogen) atoms. The van der Waals surface area contributed by atoms with Crippen LogP contribution in [0.1, 0.15) is 29.8 Å². The van der Waals surface area contributed by atoms with Gasteiger partial charge in [0, 0.05) is 24.3 Å². The molecule has 0 aromatic heterocycles. The summed E-state index contributed by atoms with van der Waals surface area (Å²) in [4.78, 5) is 27.7. The number of amides is 2. The Morgan fingerprint density at radius 2 is 1.75 bits per heavy atom. The lowest BCUT2D eigenvalue weighted by Crippen LogP contribution is -2.44. The quantitative estimate of drug-likeness (QED) is 0.573. The van der Waals surface area contributed by atoms with Crippen LogP contribution in [0.4, 0.5) is 5.69 Å². The molecule has 0 bridgehead atoms. The maximum atomic E-state index is 12.7. The Balaban J connectivity index is 1.73. The van der Waals surface area contributed by atoms with Crippen molar-refractivity contribution in [3.05, 3.63) is 70.6 Å². The molecular formula is C21H21N3O2S2. The summed E-state index contributed by atoms with van der Waals surface area (Å²) < 4.78 is 0.306. The SMILES string of the molecule is CCN(CC)c1ccc(C=C2SC(=S)N(NC(=O)c3ccccc3)C2=O)cc1. The van der Waals surface area contributed by atoms with Crippen LogP contribution in [0.3, 0.4) is 0 Å². The highest BCUT2D eigenvalue weighted by atomic mass is 32.2. The minimum Gasteiger partial charge on any atom is -0.372 e. The fourth-order valence-electron chi connectivity index (χ4n) is 2.84. The summed E-state index contributed by atoms with van der Waals surface area (Å²) in [6.45, 7) is 6.12. The average molecular weight is 412 g/mol. The highest BCUT2D eigenvalue weighted by Gasteiger charge is 2.33. The van der Waals surface area contributed by atoms with Crippen LogP contribution < -0.4 is 10.3 Å². The van der Waals surface area contributed by atoms with E-state index >= 15 is 0 Å². The van der Waals surface area contributed by atoms with Crippen LogP contribution in [0.2, 0.25) is 0 Å². The molecule has 5 nitrogen and oxygen atoms in total. The zero-order valence-corrected chi connectivity index (χ0v) is 17.3. The van der Waals surface area contributed by atoms with E-state index in [9.17, 15) is 9.59 Å². The van der Waals surface area contributed by atoms with Crippen LogP contribution in [0.5, 0.6) is 0 Å². The minimum absolute atomic E-state index is 0.306. The van der Waals surface area contributed by atoms with Gasteiger partial charge in [-0.3, -0.25) is 15.0 Å². The van der Waals surface area contributed by atoms with Crippen LogP contribution in [0.15, 0.2) is 59.5 Å². The van der Waals surface area contributed by atoms with Gasteiger partial charge in [-0.15, -0.1) is 0 Å². The molecule has 0 aliphatic carbocycles. The molecular weight excluding hydrogens is 390 g/mol. The minimum atomic E-state index is -0.373. The maximum Gasteiger partial charge on any atom is 0.285 e. The molecule has 1 fully saturated rings. The van der Waals surface area contributed by atoms with E-state index in [2.05, 4.69) is 24.2 Å². The lowest BCUT2D eigenvalue weighted by molar-refractivity contribution is -0.123. The number of hydrogen-bond donors (Lipinski definition) is 1. The van der Waals surface area contributed by atoms with E-state index < -0.39 is 0 Å². The number of benzene rings is 2. The van der Waals surface area contributed by atoms with Gasteiger partial charge < -0.3 is 4.90 Å². The molecule has 0 spiro atoms. The smallest absolute Gasteiger partial charge is 0.285 e. The first kappa shape index (κ1) is 20.1. The van der Waals surface area contributed by atoms with E-state index in [1.165, 1.54) is 11.8 Å². The summed E-state index contributed by atoms with van der Waals surface area (Å²) in [6, 6.07) is 16.7. The topological polar surface area (TPSA) is 52.6 Å². The highest BCUT2D eigenvalue weighted by molar-refractivity contribution is 8.26. The van der Waals surface area contributed by atoms with Gasteiger partial charge in [-0.2, -0.15) is 5.01 Å². The van der Waals surface area contributed by atoms with Gasteiger partial charge in [0.05, 0.1) is 4.91 Å². The number of nitrogens with one attached hydrogen (secondary N) is 1. The maximum absolute atomic E-state index is 12.7. The molecule has 0 radical (unpaired) electrons. The summed E-state index contributed by atoms with van der Waals surface area (Å²) in [6.07, 6.45) is 1.79. The number of thioether (sulfide) groups is 1. The number of rotatable bonds is 6. The summed E-state index contributed by atoms with van der Waals surface area (Å²) in [5, 5.41) is 1.13. The van der Waals surface area contributed by atoms with Crippen molar-refractivity contribution in [2.45, 2.75) is 13.8 Å². The average Bonchev–Trinajstić information content (AvgIpc) is 2.98. The molecule has 0 unspecified atom stereocenters. The van der Waals surface area contributed by atoms with Gasteiger partial charge in [0.25, 0.3) is 11.8 Å². The summed E-state index contributed by atoms with van der Waals surface area (Å²) >= 11 is 6.45. The van der Waals surface area contributed by atoms with Gasteiger partial charge in [0.15, 0.2) is 4.32 Å². The van der Waals surface area contributed by atoms with E-state index in [0.29, 0.717) is 14.8 Å². The standard InChI is InChI=1S/C21H21N3O2S2/c1-3-23(4-2)17-12-10-15(11-13-17)14-18-20(26)24(21(27)28-18)22-19(25)16-8-6-5-7-9-16/h5-14H,3-4H2,1-2H3,(H,22,25). The van der Waals surface area contributed by atoms with Crippen molar-refractivity contribution in [1.82, 2.24) is 10.4 Å². The predicted molar refractivity (Wildman–Crippen MR) is 119 cm³/mol. The Bertz CT molecular complexity index is 907. The second kappa shape index (κ2) is 9.03. The fourth-order valence-corrected chi connectivity index (χ4v) is 4.02. The molecule has 1 aliphatic heterocycles. The zero-order chi connectivity index (χ0) is 20.1. The summed E-state index contributed by atoms with van der Waals surface area (Å²) in [5.74, 6) is -0.700. The first-order valence-corrected chi connectivity index (χ1v) is 10.2. The van der Waals surface area contributed by atoms with Crippen LogP contribution >= 0.6 is 24.0 Å². The summed E-state index contributed by atoms with van der Waals surface area (Å²) in [7, 11) is 0.